The first-order valence-corrected chi connectivity index (χ1v) is 11.9. The standard InChI is InChI=1S/C28H25F3N2O4/c1-17-5-8-19(9-6-17)27(35)33-14-22(20-3-2-4-21(12-20)28(29,30)31)23(15-33)26(34)32-13-18-7-10-24-25(11-18)37-16-36-24/h2-12,22-23H,13-16H2,1H3,(H,32,34). The molecule has 2 atom stereocenters. The second-order valence-corrected chi connectivity index (χ2v) is 9.32. The molecule has 1 N–H and O–H groups in total. The molecule has 1 saturated heterocycles. The van der Waals surface area contributed by atoms with Crippen molar-refractivity contribution in [3.05, 3.63) is 94.5 Å². The Labute approximate surface area is 212 Å². The number of carbonyl (C=O) groups is 2. The van der Waals surface area contributed by atoms with Gasteiger partial charge >= 0.3 is 6.18 Å². The first-order valence-electron chi connectivity index (χ1n) is 11.9. The summed E-state index contributed by atoms with van der Waals surface area (Å²) in [5, 5.41) is 2.89. The zero-order valence-electron chi connectivity index (χ0n) is 20.0. The molecule has 0 aromatic heterocycles. The first kappa shape index (κ1) is 24.7. The van der Waals surface area contributed by atoms with E-state index in [1.807, 2.05) is 19.1 Å². The van der Waals surface area contributed by atoms with E-state index in [-0.39, 0.29) is 38.2 Å². The van der Waals surface area contributed by atoms with Gasteiger partial charge in [-0.15, -0.1) is 0 Å². The molecule has 0 aliphatic carbocycles. The molecular formula is C28H25F3N2O4. The molecule has 3 aromatic carbocycles. The van der Waals surface area contributed by atoms with Gasteiger partial charge in [0.05, 0.1) is 11.5 Å². The minimum atomic E-state index is -4.51. The van der Waals surface area contributed by atoms with E-state index in [4.69, 9.17) is 9.47 Å². The van der Waals surface area contributed by atoms with E-state index in [2.05, 4.69) is 5.32 Å². The Hall–Kier alpha value is -4.01. The topological polar surface area (TPSA) is 67.9 Å². The zero-order chi connectivity index (χ0) is 26.2. The number of aryl methyl sites for hydroxylation is 1. The van der Waals surface area contributed by atoms with Crippen molar-refractivity contribution < 1.29 is 32.2 Å². The van der Waals surface area contributed by atoms with Gasteiger partial charge in [0.25, 0.3) is 5.91 Å². The maximum absolute atomic E-state index is 13.4. The summed E-state index contributed by atoms with van der Waals surface area (Å²) in [5.74, 6) is -0.687. The second-order valence-electron chi connectivity index (χ2n) is 9.32. The van der Waals surface area contributed by atoms with Crippen molar-refractivity contribution in [3.8, 4) is 11.5 Å². The highest BCUT2D eigenvalue weighted by Crippen LogP contribution is 2.37. The average molecular weight is 511 g/mol. The van der Waals surface area contributed by atoms with Gasteiger partial charge in [-0.05, 0) is 48.4 Å². The van der Waals surface area contributed by atoms with Gasteiger partial charge in [-0.25, -0.2) is 0 Å². The lowest BCUT2D eigenvalue weighted by atomic mass is 9.87. The van der Waals surface area contributed by atoms with E-state index in [0.29, 0.717) is 22.6 Å². The van der Waals surface area contributed by atoms with Crippen molar-refractivity contribution in [2.75, 3.05) is 19.9 Å². The van der Waals surface area contributed by atoms with Crippen LogP contribution in [0.3, 0.4) is 0 Å². The Morgan fingerprint density at radius 1 is 0.973 bits per heavy atom. The summed E-state index contributed by atoms with van der Waals surface area (Å²) in [6.07, 6.45) is -4.51. The maximum atomic E-state index is 13.4. The number of hydrogen-bond acceptors (Lipinski definition) is 4. The minimum absolute atomic E-state index is 0.0978. The van der Waals surface area contributed by atoms with Crippen LogP contribution in [0.25, 0.3) is 0 Å². The number of amides is 2. The molecule has 1 fully saturated rings. The van der Waals surface area contributed by atoms with Crippen molar-refractivity contribution in [2.24, 2.45) is 5.92 Å². The van der Waals surface area contributed by atoms with E-state index >= 15 is 0 Å². The molecule has 2 unspecified atom stereocenters. The number of carbonyl (C=O) groups excluding carboxylic acids is 2. The monoisotopic (exact) mass is 510 g/mol. The highest BCUT2D eigenvalue weighted by Gasteiger charge is 2.41. The lowest BCUT2D eigenvalue weighted by Gasteiger charge is -2.19. The predicted molar refractivity (Wildman–Crippen MR) is 129 cm³/mol. The van der Waals surface area contributed by atoms with Gasteiger partial charge in [-0.3, -0.25) is 9.59 Å². The molecule has 5 rings (SSSR count). The molecular weight excluding hydrogens is 485 g/mol. The van der Waals surface area contributed by atoms with Crippen LogP contribution < -0.4 is 14.8 Å². The number of hydrogen-bond donors (Lipinski definition) is 1. The normalized spacial score (nSPS) is 18.6. The highest BCUT2D eigenvalue weighted by atomic mass is 19.4. The van der Waals surface area contributed by atoms with Gasteiger partial charge in [0.1, 0.15) is 0 Å². The minimum Gasteiger partial charge on any atom is -0.454 e. The van der Waals surface area contributed by atoms with Gasteiger partial charge in [0.15, 0.2) is 11.5 Å². The summed E-state index contributed by atoms with van der Waals surface area (Å²) in [7, 11) is 0. The molecule has 0 radical (unpaired) electrons. The molecule has 3 aromatic rings. The lowest BCUT2D eigenvalue weighted by Crippen LogP contribution is -2.35. The van der Waals surface area contributed by atoms with Crippen LogP contribution in [0.5, 0.6) is 11.5 Å². The van der Waals surface area contributed by atoms with Crippen LogP contribution in [0.2, 0.25) is 0 Å². The van der Waals surface area contributed by atoms with Crippen molar-refractivity contribution in [1.29, 1.82) is 0 Å². The summed E-state index contributed by atoms with van der Waals surface area (Å²) >= 11 is 0. The van der Waals surface area contributed by atoms with Gasteiger partial charge in [0, 0.05) is 31.1 Å². The van der Waals surface area contributed by atoms with Crippen LogP contribution in [0.4, 0.5) is 13.2 Å². The Bertz CT molecular complexity index is 1320. The lowest BCUT2D eigenvalue weighted by molar-refractivity contribution is -0.137. The number of likely N-dealkylation sites (tertiary alicyclic amines) is 1. The van der Waals surface area contributed by atoms with Crippen LogP contribution in [0.15, 0.2) is 66.7 Å². The fourth-order valence-corrected chi connectivity index (χ4v) is 4.77. The van der Waals surface area contributed by atoms with Gasteiger partial charge in [0.2, 0.25) is 12.7 Å². The van der Waals surface area contributed by atoms with E-state index in [9.17, 15) is 22.8 Å². The maximum Gasteiger partial charge on any atom is 0.416 e. The number of halogens is 3. The second kappa shape index (κ2) is 9.80. The van der Waals surface area contributed by atoms with Gasteiger partial charge in [-0.1, -0.05) is 42.0 Å². The number of benzene rings is 3. The molecule has 6 nitrogen and oxygen atoms in total. The number of alkyl halides is 3. The number of nitrogens with zero attached hydrogens (tertiary/aromatic N) is 1. The Morgan fingerprint density at radius 2 is 1.73 bits per heavy atom. The largest absolute Gasteiger partial charge is 0.454 e. The molecule has 2 heterocycles. The SMILES string of the molecule is Cc1ccc(C(=O)N2CC(C(=O)NCc3ccc4c(c3)OCO4)C(c3cccc(C(F)(F)F)c3)C2)cc1. The van der Waals surface area contributed by atoms with Crippen LogP contribution in [-0.4, -0.2) is 36.6 Å². The Balaban J connectivity index is 1.38. The van der Waals surface area contributed by atoms with Gasteiger partial charge in [-0.2, -0.15) is 13.2 Å². The number of ether oxygens (including phenoxy) is 2. The van der Waals surface area contributed by atoms with Crippen molar-refractivity contribution >= 4 is 11.8 Å². The van der Waals surface area contributed by atoms with Crippen molar-refractivity contribution in [3.63, 3.8) is 0 Å². The summed E-state index contributed by atoms with van der Waals surface area (Å²) in [6, 6.07) is 17.4. The number of fused-ring (bicyclic) bond motifs is 1. The van der Waals surface area contributed by atoms with Crippen LogP contribution in [-0.2, 0) is 17.5 Å². The Kier molecular flexibility index (Phi) is 6.54. The highest BCUT2D eigenvalue weighted by molar-refractivity contribution is 5.95. The molecule has 37 heavy (non-hydrogen) atoms. The summed E-state index contributed by atoms with van der Waals surface area (Å²) in [4.78, 5) is 28.1. The fraction of sp³-hybridized carbons (Fsp3) is 0.286. The Morgan fingerprint density at radius 3 is 2.49 bits per heavy atom. The molecule has 2 aliphatic heterocycles. The van der Waals surface area contributed by atoms with Gasteiger partial charge < -0.3 is 19.7 Å². The molecule has 0 bridgehead atoms. The van der Waals surface area contributed by atoms with Crippen LogP contribution in [0, 0.1) is 12.8 Å². The molecule has 2 amide bonds. The van der Waals surface area contributed by atoms with Crippen LogP contribution >= 0.6 is 0 Å². The molecule has 2 aliphatic rings. The summed E-state index contributed by atoms with van der Waals surface area (Å²) in [6.45, 7) is 2.48. The third-order valence-electron chi connectivity index (χ3n) is 6.79. The number of nitrogens with one attached hydrogen (secondary N) is 1. The summed E-state index contributed by atoms with van der Waals surface area (Å²) in [5.41, 5.74) is 1.85. The average Bonchev–Trinajstić information content (AvgIpc) is 3.54. The van der Waals surface area contributed by atoms with Crippen LogP contribution in [0.1, 0.15) is 38.5 Å². The quantitative estimate of drug-likeness (QED) is 0.530. The van der Waals surface area contributed by atoms with E-state index in [1.165, 1.54) is 6.07 Å². The molecule has 9 heteroatoms. The van der Waals surface area contributed by atoms with E-state index < -0.39 is 23.6 Å². The van der Waals surface area contributed by atoms with Crippen molar-refractivity contribution in [1.82, 2.24) is 10.2 Å². The predicted octanol–water partition coefficient (Wildman–Crippen LogP) is 4.91. The molecule has 0 saturated carbocycles. The fourth-order valence-electron chi connectivity index (χ4n) is 4.77. The zero-order valence-corrected chi connectivity index (χ0v) is 20.0. The molecule has 192 valence electrons. The van der Waals surface area contributed by atoms with E-state index in [1.54, 1.807) is 41.3 Å². The third kappa shape index (κ3) is 5.26. The first-order chi connectivity index (χ1) is 17.7. The molecule has 0 spiro atoms. The summed E-state index contributed by atoms with van der Waals surface area (Å²) < 4.78 is 50.9. The third-order valence-corrected chi connectivity index (χ3v) is 6.79. The van der Waals surface area contributed by atoms with Crippen molar-refractivity contribution in [2.45, 2.75) is 25.6 Å². The smallest absolute Gasteiger partial charge is 0.416 e. The van der Waals surface area contributed by atoms with E-state index in [0.717, 1.165) is 23.3 Å². The number of rotatable bonds is 5.